The van der Waals surface area contributed by atoms with Crippen molar-refractivity contribution in [2.75, 3.05) is 7.05 Å². The number of nitrogens with zero attached hydrogens (tertiary/aromatic N) is 2. The van der Waals surface area contributed by atoms with Crippen LogP contribution in [0.3, 0.4) is 0 Å². The summed E-state index contributed by atoms with van der Waals surface area (Å²) in [5.74, 6) is 0. The zero-order valence-electron chi connectivity index (χ0n) is 10.4. The molecule has 0 aliphatic carbocycles. The molecule has 0 saturated heterocycles. The Bertz CT molecular complexity index is 335. The Kier molecular flexibility index (Phi) is 6.72. The van der Waals surface area contributed by atoms with Crippen LogP contribution in [-0.4, -0.2) is 24.6 Å². The van der Waals surface area contributed by atoms with Crippen molar-refractivity contribution in [3.05, 3.63) is 35.9 Å². The van der Waals surface area contributed by atoms with Gasteiger partial charge in [0.25, 0.3) is 0 Å². The summed E-state index contributed by atoms with van der Waals surface area (Å²) in [5, 5.41) is 6.26. The predicted molar refractivity (Wildman–Crippen MR) is 70.9 cm³/mol. The highest BCUT2D eigenvalue weighted by atomic mass is 16.1. The third-order valence-electron chi connectivity index (χ3n) is 2.44. The van der Waals surface area contributed by atoms with E-state index in [-0.39, 0.29) is 0 Å². The summed E-state index contributed by atoms with van der Waals surface area (Å²) in [6.07, 6.45) is 6.48. The molecule has 0 amide bonds. The molecule has 0 aliphatic rings. The zero-order valence-corrected chi connectivity index (χ0v) is 10.4. The van der Waals surface area contributed by atoms with Gasteiger partial charge in [-0.1, -0.05) is 30.3 Å². The van der Waals surface area contributed by atoms with Crippen LogP contribution in [0.15, 0.2) is 35.4 Å². The predicted octanol–water partition coefficient (Wildman–Crippen LogP) is 2.86. The summed E-state index contributed by atoms with van der Waals surface area (Å²) in [5.41, 5.74) is 1.26. The van der Waals surface area contributed by atoms with E-state index in [0.29, 0.717) is 6.42 Å². The van der Waals surface area contributed by atoms with Gasteiger partial charge >= 0.3 is 0 Å². The molecule has 3 heteroatoms. The molecule has 0 radical (unpaired) electrons. The highest BCUT2D eigenvalue weighted by Crippen LogP contribution is 2.02. The lowest BCUT2D eigenvalue weighted by Gasteiger charge is -2.12. The fourth-order valence-electron chi connectivity index (χ4n) is 1.55. The highest BCUT2D eigenvalue weighted by Gasteiger charge is 1.94. The Morgan fingerprint density at radius 1 is 1.18 bits per heavy atom. The van der Waals surface area contributed by atoms with Crippen molar-refractivity contribution in [3.63, 3.8) is 0 Å². The van der Waals surface area contributed by atoms with E-state index in [1.807, 2.05) is 36.5 Å². The molecule has 3 nitrogen and oxygen atoms in total. The number of hydrogen-bond donors (Lipinski definition) is 0. The van der Waals surface area contributed by atoms with Gasteiger partial charge in [0.15, 0.2) is 0 Å². The minimum absolute atomic E-state index is 0.660. The monoisotopic (exact) mass is 232 g/mol. The van der Waals surface area contributed by atoms with Crippen LogP contribution in [0.25, 0.3) is 0 Å². The van der Waals surface area contributed by atoms with Gasteiger partial charge in [-0.05, 0) is 24.8 Å². The molecule has 0 aliphatic heterocycles. The number of rotatable bonds is 8. The van der Waals surface area contributed by atoms with Crippen molar-refractivity contribution in [1.82, 2.24) is 5.01 Å². The quantitative estimate of drug-likeness (QED) is 0.299. The molecule has 0 unspecified atom stereocenters. The SMILES string of the molecule is CN(Cc1ccccc1)N=CCCCCC=O. The van der Waals surface area contributed by atoms with Gasteiger partial charge in [-0.2, -0.15) is 5.10 Å². The Labute approximate surface area is 103 Å². The van der Waals surface area contributed by atoms with Crippen LogP contribution in [0.2, 0.25) is 0 Å². The fourth-order valence-corrected chi connectivity index (χ4v) is 1.55. The van der Waals surface area contributed by atoms with Crippen molar-refractivity contribution in [3.8, 4) is 0 Å². The Balaban J connectivity index is 2.18. The van der Waals surface area contributed by atoms with Crippen LogP contribution in [0.1, 0.15) is 31.2 Å². The van der Waals surface area contributed by atoms with Crippen molar-refractivity contribution in [1.29, 1.82) is 0 Å². The largest absolute Gasteiger partial charge is 0.303 e. The second-order valence-electron chi connectivity index (χ2n) is 4.05. The molecular weight excluding hydrogens is 212 g/mol. The van der Waals surface area contributed by atoms with Gasteiger partial charge in [0.2, 0.25) is 0 Å². The molecule has 1 aromatic carbocycles. The van der Waals surface area contributed by atoms with Gasteiger partial charge in [0.1, 0.15) is 6.29 Å². The summed E-state index contributed by atoms with van der Waals surface area (Å²) in [4.78, 5) is 10.1. The number of hydrazone groups is 1. The lowest BCUT2D eigenvalue weighted by molar-refractivity contribution is -0.107. The summed E-state index contributed by atoms with van der Waals surface area (Å²) >= 11 is 0. The van der Waals surface area contributed by atoms with Crippen molar-refractivity contribution >= 4 is 12.5 Å². The first kappa shape index (κ1) is 13.4. The standard InChI is InChI=1S/C14H20N2O/c1-16(13-14-9-5-4-6-10-14)15-11-7-2-3-8-12-17/h4-6,9-12H,2-3,7-8,13H2,1H3. The van der Waals surface area contributed by atoms with Gasteiger partial charge in [0.05, 0.1) is 6.54 Å². The van der Waals surface area contributed by atoms with Gasteiger partial charge in [-0.15, -0.1) is 0 Å². The van der Waals surface area contributed by atoms with E-state index in [9.17, 15) is 4.79 Å². The average molecular weight is 232 g/mol. The van der Waals surface area contributed by atoms with E-state index >= 15 is 0 Å². The van der Waals surface area contributed by atoms with E-state index in [0.717, 1.165) is 32.1 Å². The Morgan fingerprint density at radius 2 is 1.88 bits per heavy atom. The summed E-state index contributed by atoms with van der Waals surface area (Å²) in [6, 6.07) is 10.3. The lowest BCUT2D eigenvalue weighted by Crippen LogP contribution is -2.10. The third kappa shape index (κ3) is 6.51. The van der Waals surface area contributed by atoms with Gasteiger partial charge in [-0.25, -0.2) is 0 Å². The van der Waals surface area contributed by atoms with Gasteiger partial charge in [0, 0.05) is 19.7 Å². The first-order valence-electron chi connectivity index (χ1n) is 6.04. The zero-order chi connectivity index (χ0) is 12.3. The number of unbranched alkanes of at least 4 members (excludes halogenated alkanes) is 3. The van der Waals surface area contributed by atoms with E-state index < -0.39 is 0 Å². The van der Waals surface area contributed by atoms with Crippen LogP contribution < -0.4 is 0 Å². The maximum atomic E-state index is 10.1. The van der Waals surface area contributed by atoms with Crippen molar-refractivity contribution in [2.45, 2.75) is 32.2 Å². The van der Waals surface area contributed by atoms with Crippen molar-refractivity contribution in [2.24, 2.45) is 5.10 Å². The van der Waals surface area contributed by atoms with Crippen molar-refractivity contribution < 1.29 is 4.79 Å². The first-order valence-corrected chi connectivity index (χ1v) is 6.04. The molecule has 0 saturated carbocycles. The lowest BCUT2D eigenvalue weighted by atomic mass is 10.2. The number of benzene rings is 1. The molecule has 0 atom stereocenters. The Morgan fingerprint density at radius 3 is 2.59 bits per heavy atom. The normalized spacial score (nSPS) is 10.6. The second kappa shape index (κ2) is 8.50. The summed E-state index contributed by atoms with van der Waals surface area (Å²) in [6.45, 7) is 0.825. The molecule has 1 rings (SSSR count). The van der Waals surface area contributed by atoms with Crippen LogP contribution >= 0.6 is 0 Å². The summed E-state index contributed by atoms with van der Waals surface area (Å²) in [7, 11) is 1.97. The Hall–Kier alpha value is -1.64. The van der Waals surface area contributed by atoms with E-state index in [2.05, 4.69) is 17.2 Å². The first-order chi connectivity index (χ1) is 8.33. The number of carbonyl (C=O) groups is 1. The molecule has 92 valence electrons. The highest BCUT2D eigenvalue weighted by molar-refractivity contribution is 5.56. The van der Waals surface area contributed by atoms with Crippen LogP contribution in [0, 0.1) is 0 Å². The number of hydrogen-bond acceptors (Lipinski definition) is 3. The smallest absolute Gasteiger partial charge is 0.119 e. The minimum atomic E-state index is 0.660. The molecule has 0 fully saturated rings. The van der Waals surface area contributed by atoms with Gasteiger partial charge in [-0.3, -0.25) is 5.01 Å². The molecule has 0 aromatic heterocycles. The topological polar surface area (TPSA) is 32.7 Å². The number of aldehydes is 1. The van der Waals surface area contributed by atoms with Crippen LogP contribution in [-0.2, 0) is 11.3 Å². The molecular formula is C14H20N2O. The average Bonchev–Trinajstić information content (AvgIpc) is 2.35. The van der Waals surface area contributed by atoms with E-state index in [4.69, 9.17) is 0 Å². The minimum Gasteiger partial charge on any atom is -0.303 e. The number of carbonyl (C=O) groups excluding carboxylic acids is 1. The van der Waals surface area contributed by atoms with E-state index in [1.165, 1.54) is 5.56 Å². The molecule has 0 spiro atoms. The van der Waals surface area contributed by atoms with E-state index in [1.54, 1.807) is 0 Å². The molecule has 17 heavy (non-hydrogen) atoms. The summed E-state index contributed by atoms with van der Waals surface area (Å²) < 4.78 is 0. The molecule has 0 N–H and O–H groups in total. The second-order valence-corrected chi connectivity index (χ2v) is 4.05. The molecule has 0 bridgehead atoms. The fraction of sp³-hybridized carbons (Fsp3) is 0.429. The third-order valence-corrected chi connectivity index (χ3v) is 2.44. The maximum absolute atomic E-state index is 10.1. The maximum Gasteiger partial charge on any atom is 0.119 e. The molecule has 0 heterocycles. The van der Waals surface area contributed by atoms with Crippen LogP contribution in [0.4, 0.5) is 0 Å². The molecule has 1 aromatic rings. The van der Waals surface area contributed by atoms with Gasteiger partial charge < -0.3 is 4.79 Å². The van der Waals surface area contributed by atoms with Crippen LogP contribution in [0.5, 0.6) is 0 Å².